The van der Waals surface area contributed by atoms with Crippen molar-refractivity contribution in [2.75, 3.05) is 0 Å². The van der Waals surface area contributed by atoms with Crippen molar-refractivity contribution in [2.24, 2.45) is 0 Å². The number of carboxylic acid groups (broad SMARTS) is 1. The Kier molecular flexibility index (Phi) is 3.77. The van der Waals surface area contributed by atoms with Gasteiger partial charge in [-0.2, -0.15) is 0 Å². The second kappa shape index (κ2) is 5.33. The number of nitro groups is 1. The zero-order chi connectivity index (χ0) is 14.0. The fraction of sp³-hybridized carbons (Fsp3) is 0.417. The maximum atomic E-state index is 11.2. The van der Waals surface area contributed by atoms with E-state index in [0.717, 1.165) is 0 Å². The highest BCUT2D eigenvalue weighted by Gasteiger charge is 2.28. The number of hydrogen-bond donors (Lipinski definition) is 3. The molecule has 7 heteroatoms. The zero-order valence-electron chi connectivity index (χ0n) is 10.1. The van der Waals surface area contributed by atoms with Crippen LogP contribution in [-0.2, 0) is 6.54 Å². The Labute approximate surface area is 109 Å². The molecule has 0 bridgehead atoms. The Hall–Kier alpha value is -1.99. The normalized spacial score (nSPS) is 21.7. The molecule has 7 nitrogen and oxygen atoms in total. The Morgan fingerprint density at radius 3 is 2.68 bits per heavy atom. The molecule has 0 aliphatic heterocycles. The van der Waals surface area contributed by atoms with E-state index in [1.165, 1.54) is 12.1 Å². The first-order valence-electron chi connectivity index (χ1n) is 5.90. The Morgan fingerprint density at radius 2 is 2.16 bits per heavy atom. The summed E-state index contributed by atoms with van der Waals surface area (Å²) in [4.78, 5) is 21.3. The van der Waals surface area contributed by atoms with Crippen molar-refractivity contribution in [2.45, 2.75) is 31.5 Å². The molecule has 1 fully saturated rings. The van der Waals surface area contributed by atoms with Crippen molar-refractivity contribution in [3.05, 3.63) is 39.4 Å². The first kappa shape index (κ1) is 13.4. The molecule has 0 saturated heterocycles. The number of rotatable bonds is 5. The monoisotopic (exact) mass is 266 g/mol. The first-order chi connectivity index (χ1) is 8.99. The van der Waals surface area contributed by atoms with Gasteiger partial charge in [-0.15, -0.1) is 0 Å². The van der Waals surface area contributed by atoms with Crippen LogP contribution in [-0.4, -0.2) is 33.3 Å². The number of carbonyl (C=O) groups is 1. The van der Waals surface area contributed by atoms with E-state index in [2.05, 4.69) is 5.32 Å². The highest BCUT2D eigenvalue weighted by molar-refractivity contribution is 5.94. The van der Waals surface area contributed by atoms with Crippen molar-refractivity contribution in [3.8, 4) is 0 Å². The van der Waals surface area contributed by atoms with Gasteiger partial charge in [-0.3, -0.25) is 10.1 Å². The largest absolute Gasteiger partial charge is 0.477 e. The number of aliphatic hydroxyl groups excluding tert-OH is 1. The van der Waals surface area contributed by atoms with Crippen LogP contribution in [0.3, 0.4) is 0 Å². The quantitative estimate of drug-likeness (QED) is 0.539. The van der Waals surface area contributed by atoms with E-state index >= 15 is 0 Å². The third-order valence-electron chi connectivity index (χ3n) is 3.23. The standard InChI is InChI=1S/C12H14N2O5/c15-9-4-8(5-9)13-6-7-2-1-3-10(14(18)19)11(7)12(16)17/h1-3,8-9,13,15H,4-6H2,(H,16,17). The SMILES string of the molecule is O=C(O)c1c(CNC2CC(O)C2)cccc1[N+](=O)[O-]. The van der Waals surface area contributed by atoms with Crippen molar-refractivity contribution in [3.63, 3.8) is 0 Å². The van der Waals surface area contributed by atoms with Gasteiger partial charge in [0.2, 0.25) is 0 Å². The zero-order valence-corrected chi connectivity index (χ0v) is 10.1. The molecule has 0 radical (unpaired) electrons. The molecule has 102 valence electrons. The van der Waals surface area contributed by atoms with Crippen LogP contribution in [0.25, 0.3) is 0 Å². The van der Waals surface area contributed by atoms with Crippen LogP contribution in [0.15, 0.2) is 18.2 Å². The number of nitro benzene ring substituents is 1. The molecule has 0 amide bonds. The van der Waals surface area contributed by atoms with Crippen LogP contribution in [0.4, 0.5) is 5.69 Å². The summed E-state index contributed by atoms with van der Waals surface area (Å²) in [5.41, 5.74) is -0.302. The number of carboxylic acids is 1. The highest BCUT2D eigenvalue weighted by Crippen LogP contribution is 2.24. The molecule has 2 rings (SSSR count). The van der Waals surface area contributed by atoms with Gasteiger partial charge in [0.05, 0.1) is 11.0 Å². The van der Waals surface area contributed by atoms with Crippen molar-refractivity contribution >= 4 is 11.7 Å². The summed E-state index contributed by atoms with van der Waals surface area (Å²) in [6, 6.07) is 4.34. The molecule has 1 aliphatic rings. The van der Waals surface area contributed by atoms with Crippen molar-refractivity contribution in [1.82, 2.24) is 5.32 Å². The van der Waals surface area contributed by atoms with Gasteiger partial charge in [-0.1, -0.05) is 12.1 Å². The minimum absolute atomic E-state index is 0.135. The summed E-state index contributed by atoms with van der Waals surface area (Å²) in [5.74, 6) is -1.31. The number of nitrogens with zero attached hydrogens (tertiary/aromatic N) is 1. The lowest BCUT2D eigenvalue weighted by molar-refractivity contribution is -0.385. The van der Waals surface area contributed by atoms with Gasteiger partial charge < -0.3 is 15.5 Å². The molecule has 0 heterocycles. The lowest BCUT2D eigenvalue weighted by Gasteiger charge is -2.32. The van der Waals surface area contributed by atoms with Crippen LogP contribution >= 0.6 is 0 Å². The minimum Gasteiger partial charge on any atom is -0.477 e. The summed E-state index contributed by atoms with van der Waals surface area (Å²) in [6.07, 6.45) is 0.941. The molecule has 0 aromatic heterocycles. The van der Waals surface area contributed by atoms with Gasteiger partial charge in [0, 0.05) is 18.7 Å². The molecular formula is C12H14N2O5. The second-order valence-electron chi connectivity index (χ2n) is 4.58. The number of aromatic carboxylic acids is 1. The number of nitrogens with one attached hydrogen (secondary N) is 1. The summed E-state index contributed by atoms with van der Waals surface area (Å²) in [6.45, 7) is 0.237. The smallest absolute Gasteiger partial charge is 0.343 e. The predicted octanol–water partition coefficient (Wildman–Crippen LogP) is 0.906. The van der Waals surface area contributed by atoms with E-state index in [-0.39, 0.29) is 24.3 Å². The third kappa shape index (κ3) is 2.88. The summed E-state index contributed by atoms with van der Waals surface area (Å²) < 4.78 is 0. The highest BCUT2D eigenvalue weighted by atomic mass is 16.6. The van der Waals surface area contributed by atoms with Crippen LogP contribution in [0, 0.1) is 10.1 Å². The molecule has 1 aromatic carbocycles. The predicted molar refractivity (Wildman–Crippen MR) is 65.9 cm³/mol. The first-order valence-corrected chi connectivity index (χ1v) is 5.90. The van der Waals surface area contributed by atoms with E-state index in [1.54, 1.807) is 6.07 Å². The fourth-order valence-corrected chi connectivity index (χ4v) is 2.14. The van der Waals surface area contributed by atoms with E-state index in [4.69, 9.17) is 10.2 Å². The second-order valence-corrected chi connectivity index (χ2v) is 4.58. The van der Waals surface area contributed by atoms with E-state index in [1.807, 2.05) is 0 Å². The molecule has 0 atom stereocenters. The lowest BCUT2D eigenvalue weighted by Crippen LogP contribution is -2.43. The van der Waals surface area contributed by atoms with Gasteiger partial charge in [-0.25, -0.2) is 4.79 Å². The maximum Gasteiger partial charge on any atom is 0.343 e. The molecule has 1 aromatic rings. The van der Waals surface area contributed by atoms with Crippen LogP contribution in [0.1, 0.15) is 28.8 Å². The summed E-state index contributed by atoms with van der Waals surface area (Å²) in [7, 11) is 0. The van der Waals surface area contributed by atoms with Crippen LogP contribution < -0.4 is 5.32 Å². The number of hydrogen-bond acceptors (Lipinski definition) is 5. The van der Waals surface area contributed by atoms with Gasteiger partial charge in [0.25, 0.3) is 5.69 Å². The van der Waals surface area contributed by atoms with E-state index < -0.39 is 16.6 Å². The molecule has 0 unspecified atom stereocenters. The molecular weight excluding hydrogens is 252 g/mol. The van der Waals surface area contributed by atoms with Gasteiger partial charge in [0.15, 0.2) is 0 Å². The van der Waals surface area contributed by atoms with Crippen LogP contribution in [0.5, 0.6) is 0 Å². The van der Waals surface area contributed by atoms with E-state index in [9.17, 15) is 14.9 Å². The van der Waals surface area contributed by atoms with Crippen molar-refractivity contribution < 1.29 is 19.9 Å². The topological polar surface area (TPSA) is 113 Å². The molecule has 19 heavy (non-hydrogen) atoms. The summed E-state index contributed by atoms with van der Waals surface area (Å²) >= 11 is 0. The maximum absolute atomic E-state index is 11.2. The van der Waals surface area contributed by atoms with Gasteiger partial charge >= 0.3 is 5.97 Å². The van der Waals surface area contributed by atoms with Crippen LogP contribution in [0.2, 0.25) is 0 Å². The Morgan fingerprint density at radius 1 is 1.47 bits per heavy atom. The minimum atomic E-state index is -1.31. The third-order valence-corrected chi connectivity index (χ3v) is 3.23. The van der Waals surface area contributed by atoms with Crippen molar-refractivity contribution in [1.29, 1.82) is 0 Å². The van der Waals surface area contributed by atoms with E-state index in [0.29, 0.717) is 18.4 Å². The number of aliphatic hydroxyl groups is 1. The van der Waals surface area contributed by atoms with Gasteiger partial charge in [0.1, 0.15) is 5.56 Å². The lowest BCUT2D eigenvalue weighted by atomic mass is 9.89. The summed E-state index contributed by atoms with van der Waals surface area (Å²) in [5, 5.41) is 32.2. The molecule has 1 aliphatic carbocycles. The van der Waals surface area contributed by atoms with Gasteiger partial charge in [-0.05, 0) is 18.4 Å². The molecule has 1 saturated carbocycles. The number of benzene rings is 1. The fourth-order valence-electron chi connectivity index (χ4n) is 2.14. The average Bonchev–Trinajstić information content (AvgIpc) is 2.32. The molecule has 0 spiro atoms. The Balaban J connectivity index is 2.17. The molecule has 3 N–H and O–H groups in total. The average molecular weight is 266 g/mol. The Bertz CT molecular complexity index is 511.